The third-order valence-electron chi connectivity index (χ3n) is 2.59. The molecule has 0 bridgehead atoms. The highest BCUT2D eigenvalue weighted by molar-refractivity contribution is 6.30. The van der Waals surface area contributed by atoms with Gasteiger partial charge in [-0.25, -0.2) is 4.39 Å². The second-order valence-electron chi connectivity index (χ2n) is 3.84. The van der Waals surface area contributed by atoms with E-state index in [1.165, 1.54) is 12.1 Å². The van der Waals surface area contributed by atoms with Crippen LogP contribution in [0.4, 0.5) is 4.39 Å². The first kappa shape index (κ1) is 12.1. The normalized spacial score (nSPS) is 10.5. The molecule has 3 heteroatoms. The van der Waals surface area contributed by atoms with Gasteiger partial charge in [0.1, 0.15) is 5.82 Å². The van der Waals surface area contributed by atoms with E-state index in [2.05, 4.69) is 5.32 Å². The number of nitrogens with one attached hydrogen (secondary N) is 1. The number of hydrogen-bond donors (Lipinski definition) is 1. The Morgan fingerprint density at radius 2 is 1.82 bits per heavy atom. The Morgan fingerprint density at radius 1 is 1.12 bits per heavy atom. The highest BCUT2D eigenvalue weighted by Gasteiger charge is 2.05. The molecule has 1 nitrogen and oxygen atoms in total. The molecule has 1 N–H and O–H groups in total. The largest absolute Gasteiger partial charge is 0.316 e. The monoisotopic (exact) mass is 249 g/mol. The van der Waals surface area contributed by atoms with Crippen LogP contribution >= 0.6 is 11.6 Å². The lowest BCUT2D eigenvalue weighted by Crippen LogP contribution is -2.06. The van der Waals surface area contributed by atoms with Gasteiger partial charge in [-0.15, -0.1) is 0 Å². The van der Waals surface area contributed by atoms with Crippen molar-refractivity contribution in [3.05, 3.63) is 58.9 Å². The Kier molecular flexibility index (Phi) is 3.77. The molecule has 88 valence electrons. The third kappa shape index (κ3) is 2.84. The molecule has 2 aromatic carbocycles. The number of hydrogen-bond acceptors (Lipinski definition) is 1. The van der Waals surface area contributed by atoms with Crippen molar-refractivity contribution in [1.82, 2.24) is 5.32 Å². The highest BCUT2D eigenvalue weighted by Crippen LogP contribution is 2.26. The van der Waals surface area contributed by atoms with Gasteiger partial charge in [0.25, 0.3) is 0 Å². The smallest absolute Gasteiger partial charge is 0.123 e. The van der Waals surface area contributed by atoms with Crippen LogP contribution in [0, 0.1) is 5.82 Å². The van der Waals surface area contributed by atoms with Crippen LogP contribution in [0.25, 0.3) is 11.1 Å². The molecule has 0 saturated carbocycles. The van der Waals surface area contributed by atoms with Crippen molar-refractivity contribution in [2.75, 3.05) is 7.05 Å². The summed E-state index contributed by atoms with van der Waals surface area (Å²) in [6.07, 6.45) is 0. The molecule has 0 unspecified atom stereocenters. The molecule has 0 aliphatic rings. The van der Waals surface area contributed by atoms with E-state index in [9.17, 15) is 4.39 Å². The minimum Gasteiger partial charge on any atom is -0.316 e. The van der Waals surface area contributed by atoms with Crippen LogP contribution in [0.1, 0.15) is 5.56 Å². The van der Waals surface area contributed by atoms with E-state index in [0.29, 0.717) is 5.02 Å². The minimum absolute atomic E-state index is 0.224. The van der Waals surface area contributed by atoms with E-state index in [0.717, 1.165) is 23.2 Å². The summed E-state index contributed by atoms with van der Waals surface area (Å²) in [5.41, 5.74) is 3.17. The van der Waals surface area contributed by atoms with Gasteiger partial charge in [0.05, 0.1) is 0 Å². The van der Waals surface area contributed by atoms with Crippen LogP contribution < -0.4 is 5.32 Å². The average molecular weight is 250 g/mol. The summed E-state index contributed by atoms with van der Waals surface area (Å²) >= 11 is 5.98. The van der Waals surface area contributed by atoms with Gasteiger partial charge in [-0.05, 0) is 48.0 Å². The molecule has 17 heavy (non-hydrogen) atoms. The summed E-state index contributed by atoms with van der Waals surface area (Å²) in [5, 5.41) is 3.81. The van der Waals surface area contributed by atoms with Crippen molar-refractivity contribution >= 4 is 11.6 Å². The van der Waals surface area contributed by atoms with Gasteiger partial charge in [-0.2, -0.15) is 0 Å². The summed E-state index contributed by atoms with van der Waals surface area (Å²) in [7, 11) is 1.88. The summed E-state index contributed by atoms with van der Waals surface area (Å²) in [6, 6.07) is 12.2. The lowest BCUT2D eigenvalue weighted by molar-refractivity contribution is 0.628. The zero-order valence-corrected chi connectivity index (χ0v) is 10.3. The van der Waals surface area contributed by atoms with Crippen LogP contribution in [0.5, 0.6) is 0 Å². The van der Waals surface area contributed by atoms with Gasteiger partial charge in [0.15, 0.2) is 0 Å². The van der Waals surface area contributed by atoms with E-state index in [-0.39, 0.29) is 5.82 Å². The van der Waals surface area contributed by atoms with Crippen molar-refractivity contribution in [2.45, 2.75) is 6.54 Å². The lowest BCUT2D eigenvalue weighted by Gasteiger charge is -2.10. The van der Waals surface area contributed by atoms with Crippen LogP contribution in [-0.2, 0) is 6.54 Å². The molecule has 0 radical (unpaired) electrons. The fourth-order valence-electron chi connectivity index (χ4n) is 1.81. The Hall–Kier alpha value is -1.38. The Labute approximate surface area is 105 Å². The van der Waals surface area contributed by atoms with Crippen molar-refractivity contribution in [3.63, 3.8) is 0 Å². The van der Waals surface area contributed by atoms with Gasteiger partial charge >= 0.3 is 0 Å². The lowest BCUT2D eigenvalue weighted by atomic mass is 9.99. The molecule has 0 atom stereocenters. The average Bonchev–Trinajstić information content (AvgIpc) is 2.31. The maximum absolute atomic E-state index is 12.9. The molecule has 0 amide bonds. The first-order valence-corrected chi connectivity index (χ1v) is 5.77. The van der Waals surface area contributed by atoms with Crippen LogP contribution in [0.2, 0.25) is 5.02 Å². The standard InChI is InChI=1S/C14H13ClFN/c1-17-9-11-8-12(15)4-7-14(11)10-2-5-13(16)6-3-10/h2-8,17H,9H2,1H3. The zero-order chi connectivity index (χ0) is 12.3. The predicted octanol–water partition coefficient (Wildman–Crippen LogP) is 3.87. The maximum Gasteiger partial charge on any atom is 0.123 e. The van der Waals surface area contributed by atoms with E-state index in [4.69, 9.17) is 11.6 Å². The summed E-state index contributed by atoms with van der Waals surface area (Å²) in [5.74, 6) is -0.224. The predicted molar refractivity (Wildman–Crippen MR) is 69.6 cm³/mol. The molecule has 2 aromatic rings. The molecule has 0 spiro atoms. The molecule has 0 aromatic heterocycles. The molecule has 0 aliphatic heterocycles. The summed E-state index contributed by atoms with van der Waals surface area (Å²) in [6.45, 7) is 0.729. The summed E-state index contributed by atoms with van der Waals surface area (Å²) < 4.78 is 12.9. The van der Waals surface area contributed by atoms with E-state index in [1.54, 1.807) is 12.1 Å². The van der Waals surface area contributed by atoms with E-state index < -0.39 is 0 Å². The summed E-state index contributed by atoms with van der Waals surface area (Å²) in [4.78, 5) is 0. The number of halogens is 2. The van der Waals surface area contributed by atoms with Gasteiger partial charge < -0.3 is 5.32 Å². The second-order valence-corrected chi connectivity index (χ2v) is 4.28. The molecule has 0 saturated heterocycles. The first-order chi connectivity index (χ1) is 8.20. The van der Waals surface area contributed by atoms with Crippen LogP contribution in [0.15, 0.2) is 42.5 Å². The van der Waals surface area contributed by atoms with E-state index in [1.807, 2.05) is 25.2 Å². The molecular weight excluding hydrogens is 237 g/mol. The van der Waals surface area contributed by atoms with Crippen molar-refractivity contribution < 1.29 is 4.39 Å². The molecule has 0 aliphatic carbocycles. The quantitative estimate of drug-likeness (QED) is 0.871. The molecular formula is C14H13ClFN. The number of benzene rings is 2. The Bertz CT molecular complexity index is 508. The van der Waals surface area contributed by atoms with Crippen molar-refractivity contribution in [1.29, 1.82) is 0 Å². The Morgan fingerprint density at radius 3 is 2.47 bits per heavy atom. The van der Waals surface area contributed by atoms with Gasteiger partial charge in [-0.1, -0.05) is 29.8 Å². The van der Waals surface area contributed by atoms with Gasteiger partial charge in [-0.3, -0.25) is 0 Å². The van der Waals surface area contributed by atoms with Gasteiger partial charge in [0.2, 0.25) is 0 Å². The number of rotatable bonds is 3. The third-order valence-corrected chi connectivity index (χ3v) is 2.82. The first-order valence-electron chi connectivity index (χ1n) is 5.39. The van der Waals surface area contributed by atoms with Crippen LogP contribution in [-0.4, -0.2) is 7.05 Å². The fraction of sp³-hybridized carbons (Fsp3) is 0.143. The topological polar surface area (TPSA) is 12.0 Å². The van der Waals surface area contributed by atoms with E-state index >= 15 is 0 Å². The minimum atomic E-state index is -0.224. The molecule has 2 rings (SSSR count). The second kappa shape index (κ2) is 5.30. The highest BCUT2D eigenvalue weighted by atomic mass is 35.5. The van der Waals surface area contributed by atoms with Crippen molar-refractivity contribution in [3.8, 4) is 11.1 Å². The fourth-order valence-corrected chi connectivity index (χ4v) is 2.00. The molecule has 0 heterocycles. The SMILES string of the molecule is CNCc1cc(Cl)ccc1-c1ccc(F)cc1. The maximum atomic E-state index is 12.9. The van der Waals surface area contributed by atoms with Crippen LogP contribution in [0.3, 0.4) is 0 Å². The Balaban J connectivity index is 2.46. The molecule has 0 fully saturated rings. The van der Waals surface area contributed by atoms with Gasteiger partial charge in [0, 0.05) is 11.6 Å². The zero-order valence-electron chi connectivity index (χ0n) is 9.50. The van der Waals surface area contributed by atoms with Crippen molar-refractivity contribution in [2.24, 2.45) is 0 Å².